The summed E-state index contributed by atoms with van der Waals surface area (Å²) in [6.45, 7) is -0.521. The van der Waals surface area contributed by atoms with Crippen molar-refractivity contribution in [3.8, 4) is 0 Å². The van der Waals surface area contributed by atoms with Crippen molar-refractivity contribution in [3.05, 3.63) is 32.6 Å². The first-order valence-electron chi connectivity index (χ1n) is 6.59. The van der Waals surface area contributed by atoms with Crippen LogP contribution in [0.5, 0.6) is 0 Å². The monoisotopic (exact) mass is 428 g/mol. The minimum atomic E-state index is -1.43. The molecule has 22 heavy (non-hydrogen) atoms. The van der Waals surface area contributed by atoms with Crippen molar-refractivity contribution in [2.75, 3.05) is 11.0 Å². The van der Waals surface area contributed by atoms with Gasteiger partial charge in [-0.1, -0.05) is 22.6 Å². The van der Waals surface area contributed by atoms with Gasteiger partial charge >= 0.3 is 5.69 Å². The second kappa shape index (κ2) is 7.19. The summed E-state index contributed by atoms with van der Waals surface area (Å²) >= 11 is 1.96. The molecule has 0 amide bonds. The van der Waals surface area contributed by atoms with Gasteiger partial charge in [0.15, 0.2) is 6.23 Å². The Kier molecular flexibility index (Phi) is 5.74. The van der Waals surface area contributed by atoms with E-state index in [1.54, 1.807) is 0 Å². The number of nitrogens with zero attached hydrogens (tertiary/aromatic N) is 1. The lowest BCUT2D eigenvalue weighted by molar-refractivity contribution is -0.0551. The summed E-state index contributed by atoms with van der Waals surface area (Å²) in [5.41, 5.74) is -1.29. The van der Waals surface area contributed by atoms with E-state index in [1.165, 1.54) is 6.20 Å². The molecule has 0 saturated carbocycles. The molecule has 1 aromatic heterocycles. The van der Waals surface area contributed by atoms with Gasteiger partial charge in [-0.05, 0) is 0 Å². The largest absolute Gasteiger partial charge is 0.394 e. The molecule has 0 radical (unpaired) electrons. The maximum Gasteiger partial charge on any atom is 0.330 e. The summed E-state index contributed by atoms with van der Waals surface area (Å²) in [5, 5.41) is 38.4. The Bertz CT molecular complexity index is 631. The third kappa shape index (κ3) is 3.41. The van der Waals surface area contributed by atoms with Crippen LogP contribution in [0.2, 0.25) is 0 Å². The molecule has 2 rings (SSSR count). The molecule has 0 bridgehead atoms. The van der Waals surface area contributed by atoms with Crippen LogP contribution >= 0.6 is 22.6 Å². The zero-order valence-electron chi connectivity index (χ0n) is 11.4. The van der Waals surface area contributed by atoms with Crippen molar-refractivity contribution in [1.29, 1.82) is 0 Å². The first-order valence-corrected chi connectivity index (χ1v) is 8.12. The fraction of sp³-hybridized carbons (Fsp3) is 0.667. The molecule has 1 aliphatic rings. The number of aromatic amines is 1. The molecule has 5 N–H and O–H groups in total. The van der Waals surface area contributed by atoms with Crippen molar-refractivity contribution in [3.63, 3.8) is 0 Å². The van der Waals surface area contributed by atoms with E-state index >= 15 is 0 Å². The van der Waals surface area contributed by atoms with Gasteiger partial charge in [0.05, 0.1) is 12.7 Å². The second-order valence-electron chi connectivity index (χ2n) is 5.06. The van der Waals surface area contributed by atoms with Crippen LogP contribution in [0.25, 0.3) is 0 Å². The third-order valence-corrected chi connectivity index (χ3v) is 4.48. The van der Waals surface area contributed by atoms with Gasteiger partial charge < -0.3 is 25.2 Å². The number of alkyl halides is 1. The number of aromatic nitrogens is 2. The fourth-order valence-corrected chi connectivity index (χ4v) is 2.59. The topological polar surface area (TPSA) is 145 Å². The van der Waals surface area contributed by atoms with E-state index in [2.05, 4.69) is 4.98 Å². The van der Waals surface area contributed by atoms with Gasteiger partial charge in [-0.15, -0.1) is 0 Å². The standard InChI is InChI=1S/C12H17IN2O7/c13-2-6(17)1-5-3-15(12(21)14-10(5)20)11-9(19)8(18)7(4-16)22-11/h3,6-9,11,16-19H,1-2,4H2,(H,14,20,21)/t6-,7-,8?,9?,11-/m1/s1. The van der Waals surface area contributed by atoms with Crippen LogP contribution in [-0.2, 0) is 11.2 Å². The van der Waals surface area contributed by atoms with Crippen LogP contribution in [0.15, 0.2) is 15.8 Å². The number of halogens is 1. The molecule has 2 unspecified atom stereocenters. The van der Waals surface area contributed by atoms with Crippen LogP contribution in [0.4, 0.5) is 0 Å². The molecule has 2 heterocycles. The molecular formula is C12H17IN2O7. The summed E-state index contributed by atoms with van der Waals surface area (Å²) in [6, 6.07) is 0. The Morgan fingerprint density at radius 3 is 2.59 bits per heavy atom. The summed E-state index contributed by atoms with van der Waals surface area (Å²) < 4.78 is 6.61. The second-order valence-corrected chi connectivity index (χ2v) is 5.94. The molecule has 10 heteroatoms. The predicted molar refractivity (Wildman–Crippen MR) is 82.9 cm³/mol. The summed E-state index contributed by atoms with van der Waals surface area (Å²) in [6.07, 6.45) is -4.56. The van der Waals surface area contributed by atoms with E-state index in [1.807, 2.05) is 22.6 Å². The highest BCUT2D eigenvalue weighted by atomic mass is 127. The van der Waals surface area contributed by atoms with E-state index in [9.17, 15) is 24.9 Å². The maximum atomic E-state index is 11.9. The third-order valence-electron chi connectivity index (χ3n) is 3.47. The molecule has 1 fully saturated rings. The smallest absolute Gasteiger partial charge is 0.330 e. The lowest BCUT2D eigenvalue weighted by atomic mass is 10.1. The molecule has 0 spiro atoms. The van der Waals surface area contributed by atoms with Crippen molar-refractivity contribution >= 4 is 22.6 Å². The number of H-pyrrole nitrogens is 1. The number of aliphatic hydroxyl groups is 4. The number of aliphatic hydroxyl groups excluding tert-OH is 4. The molecule has 1 saturated heterocycles. The van der Waals surface area contributed by atoms with Gasteiger partial charge in [0.2, 0.25) is 0 Å². The average Bonchev–Trinajstić information content (AvgIpc) is 2.77. The highest BCUT2D eigenvalue weighted by molar-refractivity contribution is 14.1. The van der Waals surface area contributed by atoms with E-state index in [0.717, 1.165) is 4.57 Å². The molecule has 0 aliphatic carbocycles. The lowest BCUT2D eigenvalue weighted by Gasteiger charge is -2.18. The van der Waals surface area contributed by atoms with Crippen LogP contribution in [0.1, 0.15) is 11.8 Å². The molecule has 9 nitrogen and oxygen atoms in total. The first-order chi connectivity index (χ1) is 10.4. The van der Waals surface area contributed by atoms with Gasteiger partial charge in [0.25, 0.3) is 5.56 Å². The zero-order valence-corrected chi connectivity index (χ0v) is 13.6. The predicted octanol–water partition coefficient (Wildman–Crippen LogP) is -2.51. The molecule has 1 aliphatic heterocycles. The molecule has 5 atom stereocenters. The van der Waals surface area contributed by atoms with E-state index in [-0.39, 0.29) is 12.0 Å². The minimum Gasteiger partial charge on any atom is -0.394 e. The van der Waals surface area contributed by atoms with Crippen LogP contribution in [0.3, 0.4) is 0 Å². The fourth-order valence-electron chi connectivity index (χ4n) is 2.28. The van der Waals surface area contributed by atoms with Crippen LogP contribution < -0.4 is 11.2 Å². The quantitative estimate of drug-likeness (QED) is 0.257. The van der Waals surface area contributed by atoms with Gasteiger partial charge in [-0.25, -0.2) is 4.79 Å². The molecular weight excluding hydrogens is 411 g/mol. The van der Waals surface area contributed by atoms with Crippen LogP contribution in [0, 0.1) is 0 Å². The number of hydrogen-bond acceptors (Lipinski definition) is 7. The Balaban J connectivity index is 2.37. The van der Waals surface area contributed by atoms with E-state index < -0.39 is 48.5 Å². The van der Waals surface area contributed by atoms with Crippen molar-refractivity contribution in [1.82, 2.24) is 9.55 Å². The van der Waals surface area contributed by atoms with Gasteiger partial charge in [-0.3, -0.25) is 14.3 Å². The summed E-state index contributed by atoms with van der Waals surface area (Å²) in [4.78, 5) is 25.7. The summed E-state index contributed by atoms with van der Waals surface area (Å²) in [7, 11) is 0. The van der Waals surface area contributed by atoms with Crippen molar-refractivity contribution in [2.45, 2.75) is 37.1 Å². The lowest BCUT2D eigenvalue weighted by Crippen LogP contribution is -2.39. The number of ether oxygens (including phenoxy) is 1. The zero-order chi connectivity index (χ0) is 16.4. The highest BCUT2D eigenvalue weighted by Crippen LogP contribution is 2.28. The molecule has 0 aromatic carbocycles. The van der Waals surface area contributed by atoms with Crippen molar-refractivity contribution in [2.24, 2.45) is 0 Å². The Morgan fingerprint density at radius 2 is 2.05 bits per heavy atom. The number of rotatable bonds is 5. The minimum absolute atomic E-state index is 0.0351. The number of nitrogens with one attached hydrogen (secondary N) is 1. The van der Waals surface area contributed by atoms with Gasteiger partial charge in [0, 0.05) is 22.6 Å². The van der Waals surface area contributed by atoms with Crippen molar-refractivity contribution < 1.29 is 25.2 Å². The maximum absolute atomic E-state index is 11.9. The Morgan fingerprint density at radius 1 is 1.36 bits per heavy atom. The normalized spacial score (nSPS) is 29.7. The van der Waals surface area contributed by atoms with E-state index in [4.69, 9.17) is 9.84 Å². The molecule has 1 aromatic rings. The average molecular weight is 428 g/mol. The van der Waals surface area contributed by atoms with E-state index in [0.29, 0.717) is 4.43 Å². The highest BCUT2D eigenvalue weighted by Gasteiger charge is 2.43. The first kappa shape index (κ1) is 17.6. The number of hydrogen-bond donors (Lipinski definition) is 5. The Hall–Kier alpha value is -0.790. The van der Waals surface area contributed by atoms with Crippen LogP contribution in [-0.4, -0.2) is 65.4 Å². The Labute approximate surface area is 138 Å². The SMILES string of the molecule is O=c1[nH]c(=O)n([C@@H]2O[C@H](CO)C(O)C2O)cc1C[C@@H](O)CI. The molecule has 124 valence electrons. The van der Waals surface area contributed by atoms with Gasteiger partial charge in [0.1, 0.15) is 18.3 Å². The summed E-state index contributed by atoms with van der Waals surface area (Å²) in [5.74, 6) is 0. The van der Waals surface area contributed by atoms with Gasteiger partial charge in [-0.2, -0.15) is 0 Å².